The van der Waals surface area contributed by atoms with Gasteiger partial charge in [-0.15, -0.1) is 0 Å². The van der Waals surface area contributed by atoms with Gasteiger partial charge >= 0.3 is 5.97 Å². The number of H-pyrrole nitrogens is 1. The van der Waals surface area contributed by atoms with Crippen molar-refractivity contribution in [2.75, 3.05) is 0 Å². The molecule has 4 nitrogen and oxygen atoms in total. The van der Waals surface area contributed by atoms with Crippen LogP contribution in [0.2, 0.25) is 0 Å². The lowest BCUT2D eigenvalue weighted by Crippen LogP contribution is -2.12. The van der Waals surface area contributed by atoms with E-state index in [1.165, 1.54) is 6.07 Å². The van der Waals surface area contributed by atoms with Crippen LogP contribution in [0.5, 0.6) is 0 Å². The average molecular weight is 293 g/mol. The van der Waals surface area contributed by atoms with Crippen molar-refractivity contribution in [3.05, 3.63) is 81.6 Å². The summed E-state index contributed by atoms with van der Waals surface area (Å²) in [5.41, 5.74) is 2.61. The number of carbonyl (C=O) groups excluding carboxylic acids is 1. The molecule has 0 aliphatic carbocycles. The number of benzene rings is 2. The van der Waals surface area contributed by atoms with Crippen molar-refractivity contribution in [1.29, 1.82) is 0 Å². The summed E-state index contributed by atoms with van der Waals surface area (Å²) in [7, 11) is 0. The number of carbonyl (C=O) groups is 1. The molecule has 1 heterocycles. The number of para-hydroxylation sites is 1. The first-order valence-electron chi connectivity index (χ1n) is 6.98. The van der Waals surface area contributed by atoms with Crippen LogP contribution in [0.3, 0.4) is 0 Å². The van der Waals surface area contributed by atoms with E-state index in [0.717, 1.165) is 11.1 Å². The predicted molar refractivity (Wildman–Crippen MR) is 84.9 cm³/mol. The molecule has 0 fully saturated rings. The highest BCUT2D eigenvalue weighted by Gasteiger charge is 2.11. The van der Waals surface area contributed by atoms with Gasteiger partial charge in [0, 0.05) is 17.0 Å². The quantitative estimate of drug-likeness (QED) is 0.754. The highest BCUT2D eigenvalue weighted by atomic mass is 16.5. The van der Waals surface area contributed by atoms with Crippen LogP contribution < -0.4 is 5.43 Å². The largest absolute Gasteiger partial charge is 0.456 e. The third-order valence-corrected chi connectivity index (χ3v) is 3.41. The van der Waals surface area contributed by atoms with Crippen LogP contribution in [0, 0.1) is 6.92 Å². The van der Waals surface area contributed by atoms with Gasteiger partial charge in [-0.2, -0.15) is 0 Å². The number of ether oxygens (including phenoxy) is 1. The molecule has 0 saturated carbocycles. The van der Waals surface area contributed by atoms with Gasteiger partial charge in [0.2, 0.25) is 0 Å². The second kappa shape index (κ2) is 5.85. The van der Waals surface area contributed by atoms with E-state index >= 15 is 0 Å². The van der Waals surface area contributed by atoms with Crippen LogP contribution in [-0.2, 0) is 11.3 Å². The van der Waals surface area contributed by atoms with Crippen molar-refractivity contribution in [3.63, 3.8) is 0 Å². The molecular formula is C18H15NO3. The Hall–Kier alpha value is -2.88. The maximum Gasteiger partial charge on any atom is 0.355 e. The Morgan fingerprint density at radius 3 is 2.73 bits per heavy atom. The fourth-order valence-corrected chi connectivity index (χ4v) is 2.34. The standard InChI is InChI=1S/C18H15NO3/c1-12-5-4-6-13(9-12)11-22-18(21)16-10-17(20)14-7-2-3-8-15(14)19-16/h2-10H,11H2,1H3,(H,19,20). The normalized spacial score (nSPS) is 10.6. The summed E-state index contributed by atoms with van der Waals surface area (Å²) in [6, 6.07) is 16.1. The zero-order chi connectivity index (χ0) is 15.5. The minimum Gasteiger partial charge on any atom is -0.456 e. The molecule has 0 aliphatic rings. The first-order chi connectivity index (χ1) is 10.6. The Balaban J connectivity index is 1.82. The molecule has 1 aromatic heterocycles. The molecule has 3 rings (SSSR count). The summed E-state index contributed by atoms with van der Waals surface area (Å²) in [6.07, 6.45) is 0. The lowest BCUT2D eigenvalue weighted by atomic mass is 10.1. The monoisotopic (exact) mass is 293 g/mol. The minimum absolute atomic E-state index is 0.163. The van der Waals surface area contributed by atoms with Gasteiger partial charge in [0.15, 0.2) is 5.43 Å². The van der Waals surface area contributed by atoms with Gasteiger partial charge in [0.05, 0.1) is 0 Å². The van der Waals surface area contributed by atoms with Crippen molar-refractivity contribution in [3.8, 4) is 0 Å². The smallest absolute Gasteiger partial charge is 0.355 e. The van der Waals surface area contributed by atoms with Crippen LogP contribution in [-0.4, -0.2) is 11.0 Å². The van der Waals surface area contributed by atoms with Crippen molar-refractivity contribution >= 4 is 16.9 Å². The second-order valence-corrected chi connectivity index (χ2v) is 5.16. The van der Waals surface area contributed by atoms with E-state index in [-0.39, 0.29) is 17.7 Å². The molecule has 110 valence electrons. The van der Waals surface area contributed by atoms with Crippen molar-refractivity contribution in [2.45, 2.75) is 13.5 Å². The number of pyridine rings is 1. The summed E-state index contributed by atoms with van der Waals surface area (Å²) >= 11 is 0. The van der Waals surface area contributed by atoms with Gasteiger partial charge in [0.1, 0.15) is 12.3 Å². The van der Waals surface area contributed by atoms with Gasteiger partial charge in [-0.05, 0) is 24.6 Å². The molecule has 0 spiro atoms. The van der Waals surface area contributed by atoms with Crippen LogP contribution >= 0.6 is 0 Å². The molecule has 0 saturated heterocycles. The van der Waals surface area contributed by atoms with E-state index in [0.29, 0.717) is 10.9 Å². The fraction of sp³-hybridized carbons (Fsp3) is 0.111. The summed E-state index contributed by atoms with van der Waals surface area (Å²) in [6.45, 7) is 2.15. The summed E-state index contributed by atoms with van der Waals surface area (Å²) < 4.78 is 5.26. The Morgan fingerprint density at radius 2 is 1.91 bits per heavy atom. The topological polar surface area (TPSA) is 59.2 Å². The number of rotatable bonds is 3. The van der Waals surface area contributed by atoms with Crippen LogP contribution in [0.15, 0.2) is 59.4 Å². The Labute approximate surface area is 127 Å². The molecule has 1 N–H and O–H groups in total. The third kappa shape index (κ3) is 2.91. The lowest BCUT2D eigenvalue weighted by Gasteiger charge is -2.06. The predicted octanol–water partition coefficient (Wildman–Crippen LogP) is 3.19. The van der Waals surface area contributed by atoms with Crippen LogP contribution in [0.25, 0.3) is 10.9 Å². The van der Waals surface area contributed by atoms with Gasteiger partial charge in [-0.1, -0.05) is 42.0 Å². The molecule has 4 heteroatoms. The van der Waals surface area contributed by atoms with Crippen LogP contribution in [0.1, 0.15) is 21.6 Å². The number of fused-ring (bicyclic) bond motifs is 1. The number of aromatic nitrogens is 1. The number of nitrogens with one attached hydrogen (secondary N) is 1. The van der Waals surface area contributed by atoms with E-state index in [9.17, 15) is 9.59 Å². The van der Waals surface area contributed by atoms with E-state index in [1.54, 1.807) is 24.3 Å². The van der Waals surface area contributed by atoms with Gasteiger partial charge in [-0.25, -0.2) is 4.79 Å². The van der Waals surface area contributed by atoms with Crippen molar-refractivity contribution < 1.29 is 9.53 Å². The van der Waals surface area contributed by atoms with Crippen molar-refractivity contribution in [1.82, 2.24) is 4.98 Å². The number of esters is 1. The summed E-state index contributed by atoms with van der Waals surface area (Å²) in [5.74, 6) is -0.538. The minimum atomic E-state index is -0.538. The average Bonchev–Trinajstić information content (AvgIpc) is 2.52. The van der Waals surface area contributed by atoms with Crippen LogP contribution in [0.4, 0.5) is 0 Å². The van der Waals surface area contributed by atoms with E-state index in [1.807, 2.05) is 31.2 Å². The lowest BCUT2D eigenvalue weighted by molar-refractivity contribution is 0.0466. The molecule has 22 heavy (non-hydrogen) atoms. The van der Waals surface area contributed by atoms with Gasteiger partial charge < -0.3 is 9.72 Å². The Morgan fingerprint density at radius 1 is 1.09 bits per heavy atom. The molecule has 0 amide bonds. The zero-order valence-corrected chi connectivity index (χ0v) is 12.1. The molecule has 0 atom stereocenters. The summed E-state index contributed by atoms with van der Waals surface area (Å²) in [4.78, 5) is 27.0. The summed E-state index contributed by atoms with van der Waals surface area (Å²) in [5, 5.41) is 0.553. The molecule has 2 aromatic carbocycles. The van der Waals surface area contributed by atoms with E-state index in [2.05, 4.69) is 4.98 Å². The number of aromatic amines is 1. The van der Waals surface area contributed by atoms with E-state index < -0.39 is 5.97 Å². The molecule has 0 bridgehead atoms. The number of aryl methyl sites for hydroxylation is 1. The number of hydrogen-bond donors (Lipinski definition) is 1. The third-order valence-electron chi connectivity index (χ3n) is 3.41. The van der Waals surface area contributed by atoms with Gasteiger partial charge in [0.25, 0.3) is 0 Å². The second-order valence-electron chi connectivity index (χ2n) is 5.16. The fourth-order valence-electron chi connectivity index (χ4n) is 2.34. The molecule has 0 aliphatic heterocycles. The zero-order valence-electron chi connectivity index (χ0n) is 12.1. The maximum atomic E-state index is 12.1. The van der Waals surface area contributed by atoms with Gasteiger partial charge in [-0.3, -0.25) is 4.79 Å². The highest BCUT2D eigenvalue weighted by Crippen LogP contribution is 2.10. The van der Waals surface area contributed by atoms with Crippen molar-refractivity contribution in [2.24, 2.45) is 0 Å². The van der Waals surface area contributed by atoms with E-state index in [4.69, 9.17) is 4.74 Å². The highest BCUT2D eigenvalue weighted by molar-refractivity contribution is 5.90. The Bertz CT molecular complexity index is 896. The molecular weight excluding hydrogens is 278 g/mol. The maximum absolute atomic E-state index is 12.1. The number of hydrogen-bond acceptors (Lipinski definition) is 3. The molecule has 3 aromatic rings. The Kier molecular flexibility index (Phi) is 3.74. The first-order valence-corrected chi connectivity index (χ1v) is 6.98. The SMILES string of the molecule is Cc1cccc(COC(=O)c2cc(=O)c3ccccc3[nH]2)c1. The molecule has 0 radical (unpaired) electrons. The first kappa shape index (κ1) is 14.1. The molecule has 0 unspecified atom stereocenters.